The summed E-state index contributed by atoms with van der Waals surface area (Å²) in [5.74, 6) is 0.538. The molecule has 168 valence electrons. The van der Waals surface area contributed by atoms with Gasteiger partial charge in [-0.2, -0.15) is 5.26 Å². The summed E-state index contributed by atoms with van der Waals surface area (Å²) in [7, 11) is 0. The standard InChI is InChI=1S/C27H23FN2O.C2H6/c1-17(2)27-26(20-9-12-24(28)18(3)13-20)22-11-10-21(14-23(22)25(15-29)30-27)31-16-19-7-5-4-6-8-19;1-2/h4-14,17H,16H2,1-3H3;1-2H3. The minimum Gasteiger partial charge on any atom is -0.489 e. The van der Waals surface area contributed by atoms with Gasteiger partial charge in [-0.25, -0.2) is 9.37 Å². The number of hydrogen-bond donors (Lipinski definition) is 0. The molecular weight excluding hydrogens is 411 g/mol. The molecule has 0 aliphatic rings. The van der Waals surface area contributed by atoms with Gasteiger partial charge in [-0.15, -0.1) is 0 Å². The van der Waals surface area contributed by atoms with Crippen molar-refractivity contribution in [3.05, 3.63) is 95.1 Å². The molecule has 0 bridgehead atoms. The average molecular weight is 441 g/mol. The van der Waals surface area contributed by atoms with Gasteiger partial charge in [0.05, 0.1) is 5.69 Å². The van der Waals surface area contributed by atoms with Crippen LogP contribution in [0.3, 0.4) is 0 Å². The molecule has 0 amide bonds. The van der Waals surface area contributed by atoms with E-state index in [2.05, 4.69) is 6.07 Å². The van der Waals surface area contributed by atoms with Gasteiger partial charge in [-0.05, 0) is 65.3 Å². The van der Waals surface area contributed by atoms with Crippen molar-refractivity contribution >= 4 is 10.8 Å². The number of halogens is 1. The molecule has 0 saturated heterocycles. The van der Waals surface area contributed by atoms with Crippen LogP contribution < -0.4 is 4.74 Å². The van der Waals surface area contributed by atoms with Crippen LogP contribution in [0.5, 0.6) is 5.75 Å². The molecule has 4 heteroatoms. The highest BCUT2D eigenvalue weighted by Crippen LogP contribution is 2.38. The molecule has 3 aromatic carbocycles. The summed E-state index contributed by atoms with van der Waals surface area (Å²) in [6, 6.07) is 23.0. The Labute approximate surface area is 195 Å². The highest BCUT2D eigenvalue weighted by atomic mass is 19.1. The van der Waals surface area contributed by atoms with Crippen molar-refractivity contribution in [1.82, 2.24) is 4.98 Å². The first-order chi connectivity index (χ1) is 16.0. The van der Waals surface area contributed by atoms with Crippen LogP contribution in [0.4, 0.5) is 4.39 Å². The first kappa shape index (κ1) is 23.9. The normalized spacial score (nSPS) is 10.5. The highest BCUT2D eigenvalue weighted by molar-refractivity contribution is 6.00. The minimum atomic E-state index is -0.239. The molecule has 0 atom stereocenters. The second-order valence-corrected chi connectivity index (χ2v) is 7.93. The van der Waals surface area contributed by atoms with Crippen molar-refractivity contribution in [3.8, 4) is 22.9 Å². The number of aromatic nitrogens is 1. The maximum atomic E-state index is 13.9. The van der Waals surface area contributed by atoms with E-state index in [9.17, 15) is 9.65 Å². The third-order valence-electron chi connectivity index (χ3n) is 5.35. The lowest BCUT2D eigenvalue weighted by atomic mass is 9.91. The van der Waals surface area contributed by atoms with Crippen molar-refractivity contribution in [2.45, 2.75) is 47.1 Å². The maximum absolute atomic E-state index is 13.9. The fourth-order valence-corrected chi connectivity index (χ4v) is 3.75. The number of fused-ring (bicyclic) bond motifs is 1. The van der Waals surface area contributed by atoms with E-state index in [-0.39, 0.29) is 11.7 Å². The Morgan fingerprint density at radius 3 is 2.33 bits per heavy atom. The Hall–Kier alpha value is -3.71. The summed E-state index contributed by atoms with van der Waals surface area (Å²) in [6.07, 6.45) is 0. The molecule has 4 rings (SSSR count). The summed E-state index contributed by atoms with van der Waals surface area (Å²) in [5.41, 5.74) is 4.66. The third-order valence-corrected chi connectivity index (χ3v) is 5.35. The van der Waals surface area contributed by atoms with E-state index in [0.29, 0.717) is 23.6 Å². The van der Waals surface area contributed by atoms with Crippen LogP contribution in [0.25, 0.3) is 21.9 Å². The first-order valence-electron chi connectivity index (χ1n) is 11.3. The lowest BCUT2D eigenvalue weighted by molar-refractivity contribution is 0.306. The molecule has 1 heterocycles. The van der Waals surface area contributed by atoms with Gasteiger partial charge >= 0.3 is 0 Å². The van der Waals surface area contributed by atoms with Gasteiger partial charge in [-0.3, -0.25) is 0 Å². The molecule has 0 N–H and O–H groups in total. The van der Waals surface area contributed by atoms with Crippen LogP contribution >= 0.6 is 0 Å². The van der Waals surface area contributed by atoms with E-state index in [1.165, 1.54) is 6.07 Å². The second kappa shape index (κ2) is 10.7. The summed E-state index contributed by atoms with van der Waals surface area (Å²) in [4.78, 5) is 4.70. The summed E-state index contributed by atoms with van der Waals surface area (Å²) >= 11 is 0. The van der Waals surface area contributed by atoms with Crippen LogP contribution in [0.1, 0.15) is 56.1 Å². The summed E-state index contributed by atoms with van der Waals surface area (Å²) in [5, 5.41) is 11.4. The van der Waals surface area contributed by atoms with Crippen molar-refractivity contribution in [3.63, 3.8) is 0 Å². The van der Waals surface area contributed by atoms with Gasteiger partial charge in [0.15, 0.2) is 0 Å². The van der Waals surface area contributed by atoms with E-state index in [0.717, 1.165) is 33.2 Å². The second-order valence-electron chi connectivity index (χ2n) is 7.93. The number of pyridine rings is 1. The number of benzene rings is 3. The fraction of sp³-hybridized carbons (Fsp3) is 0.241. The zero-order chi connectivity index (χ0) is 24.0. The van der Waals surface area contributed by atoms with Crippen molar-refractivity contribution in [2.75, 3.05) is 0 Å². The zero-order valence-electron chi connectivity index (χ0n) is 19.8. The molecule has 4 aromatic rings. The predicted molar refractivity (Wildman–Crippen MR) is 133 cm³/mol. The lowest BCUT2D eigenvalue weighted by Gasteiger charge is -2.18. The number of hydrogen-bond acceptors (Lipinski definition) is 3. The van der Waals surface area contributed by atoms with Gasteiger partial charge < -0.3 is 4.74 Å². The fourth-order valence-electron chi connectivity index (χ4n) is 3.75. The van der Waals surface area contributed by atoms with E-state index < -0.39 is 0 Å². The third kappa shape index (κ3) is 5.21. The van der Waals surface area contributed by atoms with Crippen molar-refractivity contribution in [2.24, 2.45) is 0 Å². The van der Waals surface area contributed by atoms with Gasteiger partial charge in [0.2, 0.25) is 0 Å². The predicted octanol–water partition coefficient (Wildman–Crippen LogP) is 7.95. The van der Waals surface area contributed by atoms with Crippen LogP contribution in [0.2, 0.25) is 0 Å². The molecule has 0 radical (unpaired) electrons. The lowest BCUT2D eigenvalue weighted by Crippen LogP contribution is -2.02. The zero-order valence-corrected chi connectivity index (χ0v) is 19.8. The smallest absolute Gasteiger partial charge is 0.148 e. The molecule has 0 fully saturated rings. The Morgan fingerprint density at radius 2 is 1.70 bits per heavy atom. The molecule has 0 unspecified atom stereocenters. The number of nitrogens with zero attached hydrogens (tertiary/aromatic N) is 2. The maximum Gasteiger partial charge on any atom is 0.148 e. The van der Waals surface area contributed by atoms with Gasteiger partial charge in [0, 0.05) is 10.9 Å². The molecule has 3 nitrogen and oxygen atoms in total. The van der Waals surface area contributed by atoms with Crippen LogP contribution in [-0.2, 0) is 6.61 Å². The summed E-state index contributed by atoms with van der Waals surface area (Å²) in [6.45, 7) is 10.3. The Kier molecular flexibility index (Phi) is 7.79. The Balaban J connectivity index is 0.00000149. The van der Waals surface area contributed by atoms with Crippen LogP contribution in [0.15, 0.2) is 66.7 Å². The number of rotatable bonds is 5. The topological polar surface area (TPSA) is 45.9 Å². The number of nitriles is 1. The Morgan fingerprint density at radius 1 is 0.970 bits per heavy atom. The molecule has 0 spiro atoms. The van der Waals surface area contributed by atoms with Crippen LogP contribution in [-0.4, -0.2) is 4.98 Å². The SMILES string of the molecule is CC.Cc1cc(-c2c(C(C)C)nc(C#N)c3cc(OCc4ccccc4)ccc23)ccc1F. The number of aryl methyl sites for hydroxylation is 1. The van der Waals surface area contributed by atoms with E-state index >= 15 is 0 Å². The van der Waals surface area contributed by atoms with Gasteiger partial charge in [0.25, 0.3) is 0 Å². The van der Waals surface area contributed by atoms with E-state index in [1.54, 1.807) is 13.0 Å². The van der Waals surface area contributed by atoms with Crippen LogP contribution in [0, 0.1) is 24.1 Å². The molecular formula is C29H29FN2O. The molecule has 0 aliphatic heterocycles. The van der Waals surface area contributed by atoms with Crippen molar-refractivity contribution in [1.29, 1.82) is 5.26 Å². The Bertz CT molecular complexity index is 1290. The van der Waals surface area contributed by atoms with E-state index in [4.69, 9.17) is 9.72 Å². The highest BCUT2D eigenvalue weighted by Gasteiger charge is 2.19. The molecule has 0 aliphatic carbocycles. The molecule has 0 saturated carbocycles. The largest absolute Gasteiger partial charge is 0.489 e. The molecule has 33 heavy (non-hydrogen) atoms. The average Bonchev–Trinajstić information content (AvgIpc) is 2.85. The minimum absolute atomic E-state index is 0.103. The van der Waals surface area contributed by atoms with Gasteiger partial charge in [0.1, 0.15) is 29.9 Å². The first-order valence-corrected chi connectivity index (χ1v) is 11.3. The monoisotopic (exact) mass is 440 g/mol. The molecule has 1 aromatic heterocycles. The summed E-state index contributed by atoms with van der Waals surface area (Å²) < 4.78 is 19.9. The quantitative estimate of drug-likeness (QED) is 0.316. The van der Waals surface area contributed by atoms with E-state index in [1.807, 2.05) is 82.3 Å². The van der Waals surface area contributed by atoms with Crippen molar-refractivity contribution < 1.29 is 9.13 Å². The number of ether oxygens (including phenoxy) is 1. The van der Waals surface area contributed by atoms with Gasteiger partial charge in [-0.1, -0.05) is 64.1 Å².